The predicted octanol–water partition coefficient (Wildman–Crippen LogP) is 2.28. The number of thiazole rings is 1. The fourth-order valence-electron chi connectivity index (χ4n) is 1.82. The van der Waals surface area contributed by atoms with Gasteiger partial charge in [0.05, 0.1) is 10.7 Å². The summed E-state index contributed by atoms with van der Waals surface area (Å²) in [4.78, 5) is 4.43. The summed E-state index contributed by atoms with van der Waals surface area (Å²) >= 11 is 1.70. The molecule has 0 amide bonds. The average Bonchev–Trinajstić information content (AvgIpc) is 2.81. The molecule has 0 saturated carbocycles. The van der Waals surface area contributed by atoms with Crippen LogP contribution < -0.4 is 11.1 Å². The van der Waals surface area contributed by atoms with Gasteiger partial charge in [0.15, 0.2) is 0 Å². The Balaban J connectivity index is 1.69. The largest absolute Gasteiger partial charge is 0.323 e. The summed E-state index contributed by atoms with van der Waals surface area (Å²) < 4.78 is 0. The van der Waals surface area contributed by atoms with E-state index in [0.717, 1.165) is 24.5 Å². The first-order chi connectivity index (χ1) is 8.75. The monoisotopic (exact) mass is 261 g/mol. The Kier molecular flexibility index (Phi) is 4.87. The highest BCUT2D eigenvalue weighted by Gasteiger charge is 2.04. The van der Waals surface area contributed by atoms with Gasteiger partial charge in [0.25, 0.3) is 0 Å². The lowest BCUT2D eigenvalue weighted by Gasteiger charge is -2.12. The quantitative estimate of drug-likeness (QED) is 0.784. The van der Waals surface area contributed by atoms with Crippen molar-refractivity contribution in [2.24, 2.45) is 5.73 Å². The molecule has 3 N–H and O–H groups in total. The number of nitrogens with two attached hydrogens (primary N) is 1. The predicted molar refractivity (Wildman–Crippen MR) is 76.8 cm³/mol. The van der Waals surface area contributed by atoms with E-state index in [2.05, 4.69) is 27.8 Å². The molecule has 96 valence electrons. The van der Waals surface area contributed by atoms with E-state index >= 15 is 0 Å². The van der Waals surface area contributed by atoms with Gasteiger partial charge in [0.2, 0.25) is 0 Å². The van der Waals surface area contributed by atoms with Crippen molar-refractivity contribution in [3.8, 4) is 0 Å². The zero-order chi connectivity index (χ0) is 12.8. The van der Waals surface area contributed by atoms with Gasteiger partial charge in [-0.1, -0.05) is 30.3 Å². The third-order valence-electron chi connectivity index (χ3n) is 2.82. The lowest BCUT2D eigenvalue weighted by molar-refractivity contribution is 0.596. The summed E-state index contributed by atoms with van der Waals surface area (Å²) in [7, 11) is 0. The Morgan fingerprint density at radius 2 is 2.11 bits per heavy atom. The molecule has 1 atom stereocenters. The van der Waals surface area contributed by atoms with Crippen molar-refractivity contribution in [2.75, 3.05) is 13.1 Å². The lowest BCUT2D eigenvalue weighted by atomic mass is 10.1. The minimum absolute atomic E-state index is 0.0587. The molecule has 1 heterocycles. The van der Waals surface area contributed by atoms with E-state index in [0.29, 0.717) is 0 Å². The van der Waals surface area contributed by atoms with Gasteiger partial charge in [-0.25, -0.2) is 4.98 Å². The highest BCUT2D eigenvalue weighted by atomic mass is 32.1. The van der Waals surface area contributed by atoms with Crippen molar-refractivity contribution in [1.82, 2.24) is 10.3 Å². The van der Waals surface area contributed by atoms with E-state index in [1.807, 2.05) is 25.1 Å². The molecular formula is C14H19N3S. The van der Waals surface area contributed by atoms with Crippen LogP contribution in [0, 0.1) is 6.92 Å². The Morgan fingerprint density at radius 3 is 2.78 bits per heavy atom. The molecule has 3 nitrogen and oxygen atoms in total. The van der Waals surface area contributed by atoms with Crippen LogP contribution >= 0.6 is 11.3 Å². The highest BCUT2D eigenvalue weighted by molar-refractivity contribution is 7.09. The molecule has 2 aromatic rings. The Bertz CT molecular complexity index is 467. The highest BCUT2D eigenvalue weighted by Crippen LogP contribution is 2.09. The number of aromatic nitrogens is 1. The second kappa shape index (κ2) is 6.64. The van der Waals surface area contributed by atoms with Crippen LogP contribution in [0.15, 0.2) is 35.7 Å². The topological polar surface area (TPSA) is 50.9 Å². The standard InChI is InChI=1S/C14H19N3S/c1-11-17-13(10-18-11)7-8-16-9-14(15)12-5-3-2-4-6-12/h2-6,10,14,16H,7-9,15H2,1H3/t14-/m1/s1. The van der Waals surface area contributed by atoms with Crippen molar-refractivity contribution < 1.29 is 0 Å². The number of nitrogens with zero attached hydrogens (tertiary/aromatic N) is 1. The summed E-state index contributed by atoms with van der Waals surface area (Å²) in [6.45, 7) is 3.75. The lowest BCUT2D eigenvalue weighted by Crippen LogP contribution is -2.28. The van der Waals surface area contributed by atoms with Crippen LogP contribution in [-0.2, 0) is 6.42 Å². The molecule has 0 saturated heterocycles. The molecule has 4 heteroatoms. The second-order valence-corrected chi connectivity index (χ2v) is 5.39. The zero-order valence-electron chi connectivity index (χ0n) is 10.6. The Hall–Kier alpha value is -1.23. The number of nitrogens with one attached hydrogen (secondary N) is 1. The van der Waals surface area contributed by atoms with E-state index in [-0.39, 0.29) is 6.04 Å². The van der Waals surface area contributed by atoms with Crippen LogP contribution in [-0.4, -0.2) is 18.1 Å². The zero-order valence-corrected chi connectivity index (χ0v) is 11.4. The molecule has 2 rings (SSSR count). The molecule has 1 aromatic carbocycles. The first-order valence-electron chi connectivity index (χ1n) is 6.18. The van der Waals surface area contributed by atoms with Crippen LogP contribution in [0.3, 0.4) is 0 Å². The van der Waals surface area contributed by atoms with Gasteiger partial charge in [-0.3, -0.25) is 0 Å². The molecule has 0 aliphatic rings. The van der Waals surface area contributed by atoms with E-state index in [4.69, 9.17) is 5.73 Å². The molecule has 0 radical (unpaired) electrons. The van der Waals surface area contributed by atoms with Gasteiger partial charge >= 0.3 is 0 Å². The maximum absolute atomic E-state index is 6.10. The second-order valence-electron chi connectivity index (χ2n) is 4.33. The summed E-state index contributed by atoms with van der Waals surface area (Å²) in [6.07, 6.45) is 0.964. The van der Waals surface area contributed by atoms with Gasteiger partial charge in [0.1, 0.15) is 0 Å². The number of aryl methyl sites for hydroxylation is 1. The fourth-order valence-corrected chi connectivity index (χ4v) is 2.46. The van der Waals surface area contributed by atoms with E-state index in [1.165, 1.54) is 11.3 Å². The van der Waals surface area contributed by atoms with Crippen LogP contribution in [0.1, 0.15) is 22.3 Å². The number of hydrogen-bond acceptors (Lipinski definition) is 4. The molecule has 1 aromatic heterocycles. The Morgan fingerprint density at radius 1 is 1.33 bits per heavy atom. The minimum Gasteiger partial charge on any atom is -0.323 e. The third kappa shape index (κ3) is 3.91. The number of rotatable bonds is 6. The summed E-state index contributed by atoms with van der Waals surface area (Å²) in [5.74, 6) is 0. The summed E-state index contributed by atoms with van der Waals surface area (Å²) in [5.41, 5.74) is 8.44. The molecule has 0 spiro atoms. The van der Waals surface area contributed by atoms with E-state index < -0.39 is 0 Å². The molecule has 0 bridgehead atoms. The number of benzene rings is 1. The summed E-state index contributed by atoms with van der Waals surface area (Å²) in [5, 5.41) is 6.63. The average molecular weight is 261 g/mol. The van der Waals surface area contributed by atoms with Crippen molar-refractivity contribution in [3.05, 3.63) is 52.0 Å². The fraction of sp³-hybridized carbons (Fsp3) is 0.357. The molecule has 18 heavy (non-hydrogen) atoms. The maximum atomic E-state index is 6.10. The molecular weight excluding hydrogens is 242 g/mol. The van der Waals surface area contributed by atoms with Crippen LogP contribution in [0.2, 0.25) is 0 Å². The molecule has 0 unspecified atom stereocenters. The van der Waals surface area contributed by atoms with Gasteiger partial charge in [0, 0.05) is 30.9 Å². The van der Waals surface area contributed by atoms with Gasteiger partial charge < -0.3 is 11.1 Å². The Labute approximate surface area is 112 Å². The maximum Gasteiger partial charge on any atom is 0.0897 e. The van der Waals surface area contributed by atoms with Crippen LogP contribution in [0.25, 0.3) is 0 Å². The van der Waals surface area contributed by atoms with Crippen molar-refractivity contribution >= 4 is 11.3 Å². The third-order valence-corrected chi connectivity index (χ3v) is 3.64. The van der Waals surface area contributed by atoms with Crippen molar-refractivity contribution in [3.63, 3.8) is 0 Å². The normalized spacial score (nSPS) is 12.6. The van der Waals surface area contributed by atoms with Crippen molar-refractivity contribution in [2.45, 2.75) is 19.4 Å². The SMILES string of the molecule is Cc1nc(CCNC[C@@H](N)c2ccccc2)cs1. The first kappa shape index (κ1) is 13.2. The van der Waals surface area contributed by atoms with Crippen LogP contribution in [0.4, 0.5) is 0 Å². The van der Waals surface area contributed by atoms with Crippen molar-refractivity contribution in [1.29, 1.82) is 0 Å². The van der Waals surface area contributed by atoms with Gasteiger partial charge in [-0.05, 0) is 12.5 Å². The van der Waals surface area contributed by atoms with Gasteiger partial charge in [-0.15, -0.1) is 11.3 Å². The molecule has 0 aliphatic heterocycles. The number of hydrogen-bond donors (Lipinski definition) is 2. The smallest absolute Gasteiger partial charge is 0.0897 e. The molecule has 0 fully saturated rings. The van der Waals surface area contributed by atoms with E-state index in [1.54, 1.807) is 11.3 Å². The van der Waals surface area contributed by atoms with Crippen LogP contribution in [0.5, 0.6) is 0 Å². The van der Waals surface area contributed by atoms with E-state index in [9.17, 15) is 0 Å². The minimum atomic E-state index is 0.0587. The van der Waals surface area contributed by atoms with Gasteiger partial charge in [-0.2, -0.15) is 0 Å². The molecule has 0 aliphatic carbocycles. The first-order valence-corrected chi connectivity index (χ1v) is 7.06. The summed E-state index contributed by atoms with van der Waals surface area (Å²) in [6, 6.07) is 10.2.